The van der Waals surface area contributed by atoms with Crippen LogP contribution in [0.2, 0.25) is 0 Å². The van der Waals surface area contributed by atoms with Crippen molar-refractivity contribution in [3.05, 3.63) is 53.6 Å². The Morgan fingerprint density at radius 2 is 1.21 bits per heavy atom. The summed E-state index contributed by atoms with van der Waals surface area (Å²) in [6, 6.07) is 13.6. The fourth-order valence-corrected chi connectivity index (χ4v) is 5.89. The lowest BCUT2D eigenvalue weighted by Gasteiger charge is -2.36. The van der Waals surface area contributed by atoms with Crippen LogP contribution in [0.3, 0.4) is 0 Å². The van der Waals surface area contributed by atoms with Gasteiger partial charge in [-0.2, -0.15) is 0 Å². The SMILES string of the molecule is CCOC(=O)CCCCCNC(=O)c1cc(OCC[N+](CC)(CC)CC)c(OCc2ccccc2)c(OCC[N+](CC)(CC)CC)c1. The maximum absolute atomic E-state index is 13.5. The zero-order chi connectivity index (χ0) is 34.5. The number of quaternary nitrogens is 2. The minimum Gasteiger partial charge on any atom is -0.484 e. The molecule has 1 N–H and O–H groups in total. The van der Waals surface area contributed by atoms with Gasteiger partial charge in [-0.25, -0.2) is 0 Å². The lowest BCUT2D eigenvalue weighted by Crippen LogP contribution is -2.50. The normalized spacial score (nSPS) is 11.6. The Morgan fingerprint density at radius 3 is 1.70 bits per heavy atom. The van der Waals surface area contributed by atoms with Gasteiger partial charge in [0.25, 0.3) is 5.91 Å². The number of unbranched alkanes of at least 4 members (excludes halogenated alkanes) is 2. The van der Waals surface area contributed by atoms with Gasteiger partial charge < -0.3 is 33.2 Å². The quantitative estimate of drug-likeness (QED) is 0.0734. The highest BCUT2D eigenvalue weighted by Crippen LogP contribution is 2.40. The van der Waals surface area contributed by atoms with E-state index in [1.165, 1.54) is 0 Å². The monoisotopic (exact) mass is 657 g/mol. The first-order chi connectivity index (χ1) is 22.7. The van der Waals surface area contributed by atoms with Gasteiger partial charge in [0.15, 0.2) is 11.5 Å². The van der Waals surface area contributed by atoms with E-state index in [9.17, 15) is 9.59 Å². The Labute approximate surface area is 284 Å². The van der Waals surface area contributed by atoms with Crippen LogP contribution in [-0.2, 0) is 16.1 Å². The van der Waals surface area contributed by atoms with Crippen molar-refractivity contribution in [2.75, 3.05) is 78.7 Å². The predicted molar refractivity (Wildman–Crippen MR) is 189 cm³/mol. The highest BCUT2D eigenvalue weighted by molar-refractivity contribution is 5.95. The van der Waals surface area contributed by atoms with Crippen LogP contribution < -0.4 is 19.5 Å². The van der Waals surface area contributed by atoms with E-state index < -0.39 is 0 Å². The first kappa shape index (κ1) is 39.9. The van der Waals surface area contributed by atoms with Crippen molar-refractivity contribution in [2.24, 2.45) is 0 Å². The number of rotatable bonds is 25. The van der Waals surface area contributed by atoms with Gasteiger partial charge in [0.2, 0.25) is 5.75 Å². The molecule has 0 saturated heterocycles. The fourth-order valence-electron chi connectivity index (χ4n) is 5.89. The van der Waals surface area contributed by atoms with Crippen molar-refractivity contribution < 1.29 is 37.5 Å². The molecule has 0 bridgehead atoms. The first-order valence-electron chi connectivity index (χ1n) is 18.0. The molecule has 2 rings (SSSR count). The van der Waals surface area contributed by atoms with Gasteiger partial charge >= 0.3 is 5.97 Å². The number of esters is 1. The molecule has 2 aromatic carbocycles. The number of likely N-dealkylation sites (N-methyl/N-ethyl adjacent to an activating group) is 2. The molecule has 0 aromatic heterocycles. The number of amides is 1. The predicted octanol–water partition coefficient (Wildman–Crippen LogP) is 6.63. The Hall–Kier alpha value is -3.30. The molecule has 0 spiro atoms. The maximum atomic E-state index is 13.5. The number of carbonyl (C=O) groups excluding carboxylic acids is 2. The number of ether oxygens (including phenoxy) is 4. The van der Waals surface area contributed by atoms with Crippen LogP contribution in [0.25, 0.3) is 0 Å². The molecule has 1 amide bonds. The fraction of sp³-hybridized carbons (Fsp3) is 0.632. The molecule has 0 saturated carbocycles. The number of nitrogens with one attached hydrogen (secondary N) is 1. The number of hydrogen-bond acceptors (Lipinski definition) is 6. The standard InChI is InChI=1S/C38H62N3O6/c1-8-40(9-2,10-3)25-27-45-34-29-33(38(43)39-24-20-16-19-23-36(42)44-14-7)30-35(46-28-26-41(11-4,12-5)13-6)37(34)47-31-32-21-17-15-18-22-32/h15,17-18,21-22,29-30H,8-14,16,19-20,23-28,31H2,1-7H3/q+1/p+1. The number of carbonyl (C=O) groups is 2. The number of nitrogens with zero attached hydrogens (tertiary/aromatic N) is 2. The van der Waals surface area contributed by atoms with Gasteiger partial charge in [-0.15, -0.1) is 0 Å². The summed E-state index contributed by atoms with van der Waals surface area (Å²) in [5.74, 6) is 1.19. The van der Waals surface area contributed by atoms with E-state index >= 15 is 0 Å². The molecule has 0 radical (unpaired) electrons. The van der Waals surface area contributed by atoms with E-state index in [4.69, 9.17) is 18.9 Å². The zero-order valence-corrected chi connectivity index (χ0v) is 30.4. The minimum atomic E-state index is -0.193. The topological polar surface area (TPSA) is 83.1 Å². The molecular formula is C38H63N3O6+2. The third-order valence-corrected chi connectivity index (χ3v) is 9.83. The average molecular weight is 658 g/mol. The van der Waals surface area contributed by atoms with Crippen LogP contribution >= 0.6 is 0 Å². The van der Waals surface area contributed by atoms with Crippen LogP contribution in [0.15, 0.2) is 42.5 Å². The van der Waals surface area contributed by atoms with Gasteiger partial charge in [0.05, 0.1) is 45.9 Å². The molecule has 0 aliphatic carbocycles. The summed E-state index contributed by atoms with van der Waals surface area (Å²) < 4.78 is 26.3. The van der Waals surface area contributed by atoms with E-state index in [-0.39, 0.29) is 11.9 Å². The first-order valence-corrected chi connectivity index (χ1v) is 18.0. The van der Waals surface area contributed by atoms with Gasteiger partial charge in [-0.3, -0.25) is 9.59 Å². The minimum absolute atomic E-state index is 0.174. The summed E-state index contributed by atoms with van der Waals surface area (Å²) >= 11 is 0. The maximum Gasteiger partial charge on any atom is 0.305 e. The molecule has 0 aliphatic heterocycles. The van der Waals surface area contributed by atoms with Crippen LogP contribution in [0.1, 0.15) is 90.1 Å². The van der Waals surface area contributed by atoms with Crippen molar-refractivity contribution in [3.8, 4) is 17.2 Å². The Kier molecular flexibility index (Phi) is 18.3. The summed E-state index contributed by atoms with van der Waals surface area (Å²) in [4.78, 5) is 25.1. The second-order valence-corrected chi connectivity index (χ2v) is 12.2. The Morgan fingerprint density at radius 1 is 0.681 bits per heavy atom. The van der Waals surface area contributed by atoms with Crippen molar-refractivity contribution in [1.29, 1.82) is 0 Å². The molecule has 47 heavy (non-hydrogen) atoms. The zero-order valence-electron chi connectivity index (χ0n) is 30.4. The van der Waals surface area contributed by atoms with Gasteiger partial charge in [0, 0.05) is 18.5 Å². The van der Waals surface area contributed by atoms with Crippen molar-refractivity contribution in [2.45, 2.75) is 80.8 Å². The third-order valence-electron chi connectivity index (χ3n) is 9.83. The highest BCUT2D eigenvalue weighted by atomic mass is 16.5. The smallest absolute Gasteiger partial charge is 0.305 e. The van der Waals surface area contributed by atoms with Crippen LogP contribution in [0.5, 0.6) is 17.2 Å². The lowest BCUT2D eigenvalue weighted by molar-refractivity contribution is -0.923. The Balaban J connectivity index is 2.34. The van der Waals surface area contributed by atoms with E-state index in [1.807, 2.05) is 37.3 Å². The number of hydrogen-bond donors (Lipinski definition) is 1. The highest BCUT2D eigenvalue weighted by Gasteiger charge is 2.25. The average Bonchev–Trinajstić information content (AvgIpc) is 3.10. The molecule has 0 aliphatic rings. The Bertz CT molecular complexity index is 1120. The summed E-state index contributed by atoms with van der Waals surface area (Å²) in [6.07, 6.45) is 2.73. The molecule has 0 fully saturated rings. The van der Waals surface area contributed by atoms with Crippen molar-refractivity contribution in [3.63, 3.8) is 0 Å². The summed E-state index contributed by atoms with van der Waals surface area (Å²) in [5, 5.41) is 3.05. The summed E-state index contributed by atoms with van der Waals surface area (Å²) in [6.45, 7) is 25.2. The van der Waals surface area contributed by atoms with Gasteiger partial charge in [-0.05, 0) is 79.0 Å². The molecule has 0 atom stereocenters. The largest absolute Gasteiger partial charge is 0.484 e. The second-order valence-electron chi connectivity index (χ2n) is 12.2. The van der Waals surface area contributed by atoms with E-state index in [0.717, 1.165) is 86.2 Å². The van der Waals surface area contributed by atoms with Crippen molar-refractivity contribution in [1.82, 2.24) is 5.32 Å². The summed E-state index contributed by atoms with van der Waals surface area (Å²) in [7, 11) is 0. The van der Waals surface area contributed by atoms with Crippen LogP contribution in [0, 0.1) is 0 Å². The molecule has 0 unspecified atom stereocenters. The lowest BCUT2D eigenvalue weighted by atomic mass is 10.1. The second kappa shape index (κ2) is 21.5. The van der Waals surface area contributed by atoms with Crippen molar-refractivity contribution >= 4 is 11.9 Å². The molecule has 9 heteroatoms. The molecule has 2 aromatic rings. The van der Waals surface area contributed by atoms with Gasteiger partial charge in [-0.1, -0.05) is 36.8 Å². The van der Waals surface area contributed by atoms with Crippen LogP contribution in [0.4, 0.5) is 0 Å². The van der Waals surface area contributed by atoms with Crippen LogP contribution in [-0.4, -0.2) is 99.6 Å². The van der Waals surface area contributed by atoms with Gasteiger partial charge in [0.1, 0.15) is 32.9 Å². The van der Waals surface area contributed by atoms with E-state index in [2.05, 4.69) is 46.9 Å². The molecule has 9 nitrogen and oxygen atoms in total. The molecule has 264 valence electrons. The third kappa shape index (κ3) is 13.0. The molecule has 0 heterocycles. The van der Waals surface area contributed by atoms with E-state index in [1.54, 1.807) is 12.1 Å². The summed E-state index contributed by atoms with van der Waals surface area (Å²) in [5.41, 5.74) is 1.50. The molecular weight excluding hydrogens is 594 g/mol. The van der Waals surface area contributed by atoms with E-state index in [0.29, 0.717) is 62.2 Å². The number of benzene rings is 2.